The number of imide groups is 1. The van der Waals surface area contributed by atoms with Gasteiger partial charge in [-0.2, -0.15) is 0 Å². The molecule has 0 bridgehead atoms. The third kappa shape index (κ3) is 5.21. The summed E-state index contributed by atoms with van der Waals surface area (Å²) in [5, 5.41) is 8.43. The van der Waals surface area contributed by atoms with Crippen molar-refractivity contribution in [2.75, 3.05) is 12.4 Å². The second-order valence-corrected chi connectivity index (χ2v) is 9.79. The summed E-state index contributed by atoms with van der Waals surface area (Å²) in [6, 6.07) is -3.22. The summed E-state index contributed by atoms with van der Waals surface area (Å²) >= 11 is 2.32. The van der Waals surface area contributed by atoms with Crippen LogP contribution in [0, 0.1) is 0 Å². The number of nitrogens with one attached hydrogen (secondary N) is 2. The molecule has 14 heteroatoms. The Morgan fingerprint density at radius 3 is 2.92 bits per heavy atom. The van der Waals surface area contributed by atoms with E-state index in [0.29, 0.717) is 11.5 Å². The number of hydrogen-bond donors (Lipinski definition) is 2. The fraction of sp³-hybridized carbons (Fsp3) is 0.250. The first-order valence-corrected chi connectivity index (χ1v) is 13.2. The molecule has 2 aromatic rings. The van der Waals surface area contributed by atoms with Crippen molar-refractivity contribution in [1.82, 2.24) is 20.2 Å². The molecular formula is C24H21N5O7S2. The highest BCUT2D eigenvalue weighted by Gasteiger charge is 2.48. The van der Waals surface area contributed by atoms with Crippen molar-refractivity contribution in [2.24, 2.45) is 0 Å². The van der Waals surface area contributed by atoms with Gasteiger partial charge in [0.15, 0.2) is 28.4 Å². The van der Waals surface area contributed by atoms with Crippen LogP contribution >= 0.6 is 22.7 Å². The van der Waals surface area contributed by atoms with Gasteiger partial charge >= 0.3 is 12.0 Å². The van der Waals surface area contributed by atoms with Crippen molar-refractivity contribution < 1.29 is 33.4 Å². The second-order valence-electron chi connectivity index (χ2n) is 8.21. The molecule has 0 radical (unpaired) electrons. The van der Waals surface area contributed by atoms with Crippen LogP contribution in [0.5, 0.6) is 0 Å². The van der Waals surface area contributed by atoms with Crippen molar-refractivity contribution in [3.05, 3.63) is 75.5 Å². The van der Waals surface area contributed by atoms with Crippen molar-refractivity contribution >= 4 is 51.6 Å². The number of aromatic nitrogens is 2. The number of thiazole rings is 2. The molecule has 2 N–H and O–H groups in total. The van der Waals surface area contributed by atoms with Gasteiger partial charge in [-0.3, -0.25) is 9.59 Å². The Kier molecular flexibility index (Phi) is 7.33. The fourth-order valence-corrected chi connectivity index (χ4v) is 5.21. The van der Waals surface area contributed by atoms with Gasteiger partial charge in [0.25, 0.3) is 5.91 Å². The minimum atomic E-state index is -1.26. The number of carbonyl (C=O) groups is 4. The van der Waals surface area contributed by atoms with Crippen LogP contribution in [-0.2, 0) is 30.2 Å². The molecule has 12 nitrogen and oxygen atoms in total. The van der Waals surface area contributed by atoms with Gasteiger partial charge in [0, 0.05) is 17.2 Å². The first-order chi connectivity index (χ1) is 18.4. The SMILES string of the molecule is COC(=O)c1csc(NC(=O)[C@H](Cc2cscn2)N2C(=O)N[C@H](C3=COC=C(C4=CC=CCC4)O3)C2=O)n1. The first-order valence-electron chi connectivity index (χ1n) is 11.4. The summed E-state index contributed by atoms with van der Waals surface area (Å²) in [5.74, 6) is -1.49. The molecule has 1 fully saturated rings. The third-order valence-electron chi connectivity index (χ3n) is 5.80. The van der Waals surface area contributed by atoms with E-state index in [-0.39, 0.29) is 23.0 Å². The number of rotatable bonds is 8. The highest BCUT2D eigenvalue weighted by molar-refractivity contribution is 7.14. The van der Waals surface area contributed by atoms with E-state index in [2.05, 4.69) is 25.3 Å². The zero-order valence-corrected chi connectivity index (χ0v) is 21.5. The molecule has 0 unspecified atom stereocenters. The Hall–Kier alpha value is -4.30. The minimum Gasteiger partial charge on any atom is -0.465 e. The lowest BCUT2D eigenvalue weighted by Crippen LogP contribution is -2.49. The third-order valence-corrected chi connectivity index (χ3v) is 7.20. The average Bonchev–Trinajstić information content (AvgIpc) is 3.69. The lowest BCUT2D eigenvalue weighted by Gasteiger charge is -2.24. The number of methoxy groups -OCH3 is 1. The molecule has 0 aromatic carbocycles. The number of urea groups is 1. The zero-order chi connectivity index (χ0) is 26.6. The highest BCUT2D eigenvalue weighted by atomic mass is 32.1. The lowest BCUT2D eigenvalue weighted by atomic mass is 10.0. The first kappa shape index (κ1) is 25.4. The minimum absolute atomic E-state index is 0.0210. The van der Waals surface area contributed by atoms with Crippen molar-refractivity contribution in [2.45, 2.75) is 31.3 Å². The van der Waals surface area contributed by atoms with Crippen LogP contribution in [0.15, 0.2) is 64.1 Å². The van der Waals surface area contributed by atoms with Crippen LogP contribution < -0.4 is 10.6 Å². The molecule has 1 saturated heterocycles. The number of carbonyl (C=O) groups excluding carboxylic acids is 4. The number of amides is 4. The van der Waals surface area contributed by atoms with E-state index in [1.165, 1.54) is 36.4 Å². The summed E-state index contributed by atoms with van der Waals surface area (Å²) in [6.45, 7) is 0. The Balaban J connectivity index is 1.35. The molecule has 0 spiro atoms. The molecule has 4 amide bonds. The van der Waals surface area contributed by atoms with E-state index in [9.17, 15) is 19.2 Å². The van der Waals surface area contributed by atoms with E-state index < -0.39 is 35.9 Å². The smallest absolute Gasteiger partial charge is 0.357 e. The van der Waals surface area contributed by atoms with Gasteiger partial charge in [0.2, 0.25) is 5.91 Å². The van der Waals surface area contributed by atoms with Crippen LogP contribution in [0.4, 0.5) is 9.93 Å². The van der Waals surface area contributed by atoms with Gasteiger partial charge < -0.3 is 24.8 Å². The quantitative estimate of drug-likeness (QED) is 0.370. The Bertz CT molecular complexity index is 1390. The standard InChI is InChI=1S/C24H21N5O7S2/c1-34-22(32)15-11-38-23(26-15)28-20(30)16(7-14-10-37-12-25-14)29-21(31)19(27-24(29)33)18-9-35-8-17(36-18)13-5-3-2-4-6-13/h2-3,5,8-12,16,19H,4,6-7H2,1H3,(H,27,33)(H,26,28,30)/t16-,19+/m0/s1. The predicted octanol–water partition coefficient (Wildman–Crippen LogP) is 2.86. The number of hydrogen-bond acceptors (Lipinski definition) is 11. The Morgan fingerprint density at radius 1 is 1.32 bits per heavy atom. The summed E-state index contributed by atoms with van der Waals surface area (Å²) in [4.78, 5) is 60.7. The predicted molar refractivity (Wildman–Crippen MR) is 136 cm³/mol. The maximum atomic E-state index is 13.5. The maximum absolute atomic E-state index is 13.5. The Morgan fingerprint density at radius 2 is 2.18 bits per heavy atom. The highest BCUT2D eigenvalue weighted by Crippen LogP contribution is 2.30. The van der Waals surface area contributed by atoms with Gasteiger partial charge in [0.1, 0.15) is 18.6 Å². The molecule has 4 heterocycles. The molecule has 2 atom stereocenters. The van der Waals surface area contributed by atoms with Crippen LogP contribution in [-0.4, -0.2) is 57.9 Å². The molecule has 1 aliphatic carbocycles. The summed E-state index contributed by atoms with van der Waals surface area (Å²) in [6.07, 6.45) is 10.0. The number of esters is 1. The van der Waals surface area contributed by atoms with E-state index in [1.54, 1.807) is 10.9 Å². The Labute approximate surface area is 224 Å². The summed E-state index contributed by atoms with van der Waals surface area (Å²) in [7, 11) is 1.22. The topological polar surface area (TPSA) is 149 Å². The van der Waals surface area contributed by atoms with Gasteiger partial charge in [-0.05, 0) is 18.4 Å². The van der Waals surface area contributed by atoms with E-state index in [4.69, 9.17) is 9.47 Å². The van der Waals surface area contributed by atoms with Crippen LogP contribution in [0.1, 0.15) is 29.0 Å². The normalized spacial score (nSPS) is 19.4. The summed E-state index contributed by atoms with van der Waals surface area (Å²) < 4.78 is 16.0. The second kappa shape index (κ2) is 11.0. The maximum Gasteiger partial charge on any atom is 0.357 e. The van der Waals surface area contributed by atoms with Crippen LogP contribution in [0.3, 0.4) is 0 Å². The largest absolute Gasteiger partial charge is 0.465 e. The van der Waals surface area contributed by atoms with Crippen LogP contribution in [0.2, 0.25) is 0 Å². The van der Waals surface area contributed by atoms with Gasteiger partial charge in [0.05, 0.1) is 18.3 Å². The van der Waals surface area contributed by atoms with E-state index in [0.717, 1.165) is 34.7 Å². The molecule has 5 rings (SSSR count). The average molecular weight is 556 g/mol. The molecule has 38 heavy (non-hydrogen) atoms. The van der Waals surface area contributed by atoms with E-state index in [1.807, 2.05) is 18.2 Å². The van der Waals surface area contributed by atoms with Crippen molar-refractivity contribution in [3.63, 3.8) is 0 Å². The molecule has 3 aliphatic rings. The van der Waals surface area contributed by atoms with Gasteiger partial charge in [-0.1, -0.05) is 18.2 Å². The fourth-order valence-electron chi connectivity index (χ4n) is 3.95. The molecule has 2 aliphatic heterocycles. The van der Waals surface area contributed by atoms with E-state index >= 15 is 0 Å². The van der Waals surface area contributed by atoms with Gasteiger partial charge in [-0.15, -0.1) is 22.7 Å². The molecule has 2 aromatic heterocycles. The van der Waals surface area contributed by atoms with Crippen LogP contribution in [0.25, 0.3) is 0 Å². The summed E-state index contributed by atoms with van der Waals surface area (Å²) in [5.41, 5.74) is 3.02. The number of nitrogens with zero attached hydrogens (tertiary/aromatic N) is 3. The zero-order valence-electron chi connectivity index (χ0n) is 19.9. The molecule has 0 saturated carbocycles. The number of ether oxygens (including phenoxy) is 3. The van der Waals surface area contributed by atoms with Crippen molar-refractivity contribution in [1.29, 1.82) is 0 Å². The molecular weight excluding hydrogens is 534 g/mol. The van der Waals surface area contributed by atoms with Gasteiger partial charge in [-0.25, -0.2) is 24.5 Å². The number of allylic oxidation sites excluding steroid dienone is 4. The molecule has 196 valence electrons. The monoisotopic (exact) mass is 555 g/mol. The number of anilines is 1. The lowest BCUT2D eigenvalue weighted by molar-refractivity contribution is -0.134. The van der Waals surface area contributed by atoms with Crippen molar-refractivity contribution in [3.8, 4) is 0 Å².